The van der Waals surface area contributed by atoms with Crippen LogP contribution in [0, 0.1) is 0 Å². The number of rotatable bonds is 8. The third kappa shape index (κ3) is 8.51. The van der Waals surface area contributed by atoms with Gasteiger partial charge in [0.15, 0.2) is 0 Å². The number of nitrogens with zero attached hydrogens (tertiary/aromatic N) is 4. The summed E-state index contributed by atoms with van der Waals surface area (Å²) in [5.74, 6) is 0. The lowest BCUT2D eigenvalue weighted by Crippen LogP contribution is -1.93. The number of hydrogen-bond acceptors (Lipinski definition) is 2. The van der Waals surface area contributed by atoms with Crippen LogP contribution in [0.15, 0.2) is 340 Å². The van der Waals surface area contributed by atoms with Gasteiger partial charge in [-0.05, 0) is 148 Å². The van der Waals surface area contributed by atoms with E-state index in [-0.39, 0.29) is 0 Å². The summed E-state index contributed by atoms with van der Waals surface area (Å²) in [7, 11) is 0. The number of benzene rings is 14. The summed E-state index contributed by atoms with van der Waals surface area (Å²) in [5.41, 5.74) is 24.6. The van der Waals surface area contributed by atoms with E-state index >= 15 is 0 Å². The lowest BCUT2D eigenvalue weighted by Gasteiger charge is -2.11. The van der Waals surface area contributed by atoms with E-state index < -0.39 is 0 Å². The predicted octanol–water partition coefficient (Wildman–Crippen LogP) is 24.9. The molecule has 0 atom stereocenters. The standard InChI is InChI=1S/2C44H28N2S/c1-3-13-31(14-4-1)45-37-21-9-7-17-35(37)41-33(19-11-23-39(41)45)29-25-27-30(28-26-29)34-20-12-24-40-42(34)43-44(47-40)36-18-8-10-22-38(36)46(43)32-15-5-2-6-16-32;1-3-12-32(13-4-1)45-38-19-9-7-16-35(38)37-28-31(26-27-40(37)45)29-22-24-30(25-23-29)34-18-11-21-41-42(34)43-44(47-41)36-17-8-10-20-39(36)46(43)33-14-5-2-6-15-33/h2*1-28H. The van der Waals surface area contributed by atoms with Gasteiger partial charge >= 0.3 is 0 Å². The van der Waals surface area contributed by atoms with Crippen molar-refractivity contribution in [3.8, 4) is 67.3 Å². The molecule has 0 bridgehead atoms. The molecule has 20 aromatic rings. The summed E-state index contributed by atoms with van der Waals surface area (Å²) in [4.78, 5) is 0. The Morgan fingerprint density at radius 2 is 0.511 bits per heavy atom. The number of thiophene rings is 2. The molecule has 0 amide bonds. The largest absolute Gasteiger partial charge is 0.309 e. The molecule has 0 aliphatic carbocycles. The second-order valence-corrected chi connectivity index (χ2v) is 26.4. The average molecular weight is 1230 g/mol. The van der Waals surface area contributed by atoms with Crippen molar-refractivity contribution in [2.75, 3.05) is 0 Å². The van der Waals surface area contributed by atoms with Gasteiger partial charge in [0, 0.05) is 75.2 Å². The average Bonchev–Trinajstić information content (AvgIpc) is 1.57. The Kier molecular flexibility index (Phi) is 12.6. The van der Waals surface area contributed by atoms with Crippen LogP contribution in [0.5, 0.6) is 0 Å². The summed E-state index contributed by atoms with van der Waals surface area (Å²) in [6, 6.07) is 123. The molecule has 6 aromatic heterocycles. The Morgan fingerprint density at radius 3 is 0.979 bits per heavy atom. The van der Waals surface area contributed by atoms with Crippen molar-refractivity contribution in [1.29, 1.82) is 0 Å². The molecular formula is C88H56N4S2. The summed E-state index contributed by atoms with van der Waals surface area (Å²) in [6.07, 6.45) is 0. The maximum absolute atomic E-state index is 2.45. The molecule has 0 aliphatic rings. The number of hydrogen-bond donors (Lipinski definition) is 0. The minimum absolute atomic E-state index is 1.18. The molecule has 94 heavy (non-hydrogen) atoms. The minimum atomic E-state index is 1.18. The van der Waals surface area contributed by atoms with Crippen LogP contribution in [-0.2, 0) is 0 Å². The second kappa shape index (κ2) is 22.0. The van der Waals surface area contributed by atoms with Crippen LogP contribution < -0.4 is 0 Å². The van der Waals surface area contributed by atoms with Crippen LogP contribution in [-0.4, -0.2) is 18.3 Å². The molecule has 14 aromatic carbocycles. The lowest BCUT2D eigenvalue weighted by molar-refractivity contribution is 1.18. The first-order chi connectivity index (χ1) is 46.7. The summed E-state index contributed by atoms with van der Waals surface area (Å²) >= 11 is 3.79. The molecule has 0 saturated heterocycles. The zero-order valence-electron chi connectivity index (χ0n) is 50.9. The SMILES string of the molecule is c1ccc(-n2c3ccccc3c3c(-c4ccc(-c5cccc6sc7c8ccccc8n(-c8ccccc8)c7c56)cc4)cccc32)cc1.c1ccc(-n2c3ccccc3c3cc(-c4ccc(-c5cccc6sc7c8ccccc8n(-c8ccccc8)c7c56)cc4)ccc32)cc1. The molecule has 0 unspecified atom stereocenters. The quantitative estimate of drug-likeness (QED) is 0.144. The first-order valence-electron chi connectivity index (χ1n) is 32.1. The molecule has 6 heterocycles. The monoisotopic (exact) mass is 1230 g/mol. The molecule has 0 spiro atoms. The highest BCUT2D eigenvalue weighted by Crippen LogP contribution is 2.49. The van der Waals surface area contributed by atoms with Crippen molar-refractivity contribution in [3.63, 3.8) is 0 Å². The Labute approximate surface area is 550 Å². The molecule has 0 fully saturated rings. The first-order valence-corrected chi connectivity index (χ1v) is 33.7. The van der Waals surface area contributed by atoms with E-state index in [0.29, 0.717) is 0 Å². The number of fused-ring (bicyclic) bond motifs is 16. The Bertz CT molecular complexity index is 6300. The minimum Gasteiger partial charge on any atom is -0.309 e. The third-order valence-electron chi connectivity index (χ3n) is 19.1. The summed E-state index contributed by atoms with van der Waals surface area (Å²) in [6.45, 7) is 0. The number of para-hydroxylation sites is 8. The van der Waals surface area contributed by atoms with Gasteiger partial charge in [0.25, 0.3) is 0 Å². The molecule has 0 saturated carbocycles. The Morgan fingerprint density at radius 1 is 0.191 bits per heavy atom. The lowest BCUT2D eigenvalue weighted by atomic mass is 9.95. The van der Waals surface area contributed by atoms with E-state index in [9.17, 15) is 0 Å². The van der Waals surface area contributed by atoms with Gasteiger partial charge in [-0.25, -0.2) is 0 Å². The number of aromatic nitrogens is 4. The van der Waals surface area contributed by atoms with Crippen molar-refractivity contribution >= 4 is 129 Å². The van der Waals surface area contributed by atoms with Gasteiger partial charge in [-0.15, -0.1) is 22.7 Å². The summed E-state index contributed by atoms with van der Waals surface area (Å²) in [5, 5.41) is 10.3. The maximum atomic E-state index is 2.45. The first kappa shape index (κ1) is 54.0. The van der Waals surface area contributed by atoms with E-state index in [2.05, 4.69) is 358 Å². The zero-order chi connectivity index (χ0) is 61.8. The van der Waals surface area contributed by atoms with Gasteiger partial charge < -0.3 is 18.3 Å². The molecule has 20 rings (SSSR count). The predicted molar refractivity (Wildman–Crippen MR) is 403 cm³/mol. The van der Waals surface area contributed by atoms with Gasteiger partial charge in [0.1, 0.15) is 0 Å². The fourth-order valence-electron chi connectivity index (χ4n) is 15.0. The van der Waals surface area contributed by atoms with Crippen LogP contribution in [0.1, 0.15) is 0 Å². The van der Waals surface area contributed by atoms with E-state index in [1.165, 1.54) is 173 Å². The van der Waals surface area contributed by atoms with Crippen molar-refractivity contribution in [2.24, 2.45) is 0 Å². The van der Waals surface area contributed by atoms with Crippen LogP contribution in [0.4, 0.5) is 0 Å². The topological polar surface area (TPSA) is 19.7 Å². The highest BCUT2D eigenvalue weighted by Gasteiger charge is 2.24. The fraction of sp³-hybridized carbons (Fsp3) is 0. The molecule has 4 nitrogen and oxygen atoms in total. The zero-order valence-corrected chi connectivity index (χ0v) is 52.6. The highest BCUT2D eigenvalue weighted by molar-refractivity contribution is 7.27. The van der Waals surface area contributed by atoms with E-state index in [4.69, 9.17) is 0 Å². The second-order valence-electron chi connectivity index (χ2n) is 24.3. The van der Waals surface area contributed by atoms with Gasteiger partial charge in [0.05, 0.1) is 53.5 Å². The van der Waals surface area contributed by atoms with Gasteiger partial charge in [-0.1, -0.05) is 237 Å². The Balaban J connectivity index is 0.000000133. The van der Waals surface area contributed by atoms with Crippen LogP contribution in [0.25, 0.3) is 173 Å². The van der Waals surface area contributed by atoms with Crippen LogP contribution in [0.3, 0.4) is 0 Å². The smallest absolute Gasteiger partial charge is 0.0734 e. The normalized spacial score (nSPS) is 11.8. The molecule has 0 aliphatic heterocycles. The van der Waals surface area contributed by atoms with Gasteiger partial charge in [0.2, 0.25) is 0 Å². The van der Waals surface area contributed by atoms with Crippen LogP contribution in [0.2, 0.25) is 0 Å². The summed E-state index contributed by atoms with van der Waals surface area (Å²) < 4.78 is 15.0. The van der Waals surface area contributed by atoms with Crippen molar-refractivity contribution in [1.82, 2.24) is 18.3 Å². The van der Waals surface area contributed by atoms with Crippen molar-refractivity contribution in [2.45, 2.75) is 0 Å². The van der Waals surface area contributed by atoms with Crippen molar-refractivity contribution in [3.05, 3.63) is 340 Å². The molecule has 6 heteroatoms. The van der Waals surface area contributed by atoms with Gasteiger partial charge in [-0.3, -0.25) is 0 Å². The highest BCUT2D eigenvalue weighted by atomic mass is 32.1. The van der Waals surface area contributed by atoms with E-state index in [0.717, 1.165) is 0 Å². The van der Waals surface area contributed by atoms with E-state index in [1.807, 2.05) is 22.7 Å². The fourth-order valence-corrected chi connectivity index (χ4v) is 17.5. The van der Waals surface area contributed by atoms with E-state index in [1.54, 1.807) is 0 Å². The van der Waals surface area contributed by atoms with Gasteiger partial charge in [-0.2, -0.15) is 0 Å². The molecule has 0 radical (unpaired) electrons. The molecule has 440 valence electrons. The molecular weight excluding hydrogens is 1180 g/mol. The molecule has 0 N–H and O–H groups in total. The van der Waals surface area contributed by atoms with Crippen molar-refractivity contribution < 1.29 is 0 Å². The Hall–Kier alpha value is -11.8. The maximum Gasteiger partial charge on any atom is 0.0734 e. The van der Waals surface area contributed by atoms with Crippen LogP contribution >= 0.6 is 22.7 Å². The third-order valence-corrected chi connectivity index (χ3v) is 21.4.